The fraction of sp³-hybridized carbons (Fsp3) is 0.167. The van der Waals surface area contributed by atoms with E-state index in [4.69, 9.17) is 4.74 Å². The molecule has 1 amide bonds. The highest BCUT2D eigenvalue weighted by molar-refractivity contribution is 5.67. The molecule has 0 unspecified atom stereocenters. The summed E-state index contributed by atoms with van der Waals surface area (Å²) in [6, 6.07) is 12.6. The Balaban J connectivity index is 1.87. The van der Waals surface area contributed by atoms with Gasteiger partial charge in [0.25, 0.3) is 0 Å². The molecule has 2 aromatic rings. The lowest BCUT2D eigenvalue weighted by atomic mass is 10.2. The molecule has 0 aliphatic rings. The largest absolute Gasteiger partial charge is 0.445 e. The highest BCUT2D eigenvalue weighted by atomic mass is 19.3. The van der Waals surface area contributed by atoms with Crippen molar-refractivity contribution in [2.24, 2.45) is 0 Å². The molecule has 0 aliphatic heterocycles. The molecule has 0 saturated carbocycles. The molecule has 0 bridgehead atoms. The van der Waals surface area contributed by atoms with Crippen LogP contribution in [0, 0.1) is 17.7 Å². The van der Waals surface area contributed by atoms with Gasteiger partial charge in [0.1, 0.15) is 23.7 Å². The average Bonchev–Trinajstić information content (AvgIpc) is 2.59. The number of alkyl halides is 2. The Labute approximate surface area is 142 Å². The number of hydrogen-bond acceptors (Lipinski definition) is 3. The molecule has 0 radical (unpaired) electrons. The topological polar surface area (TPSA) is 47.6 Å². The Morgan fingerprint density at radius 1 is 1.12 bits per heavy atom. The minimum atomic E-state index is -3.09. The van der Waals surface area contributed by atoms with E-state index in [-0.39, 0.29) is 24.5 Å². The number of nitrogens with one attached hydrogen (secondary N) is 1. The summed E-state index contributed by atoms with van der Waals surface area (Å²) in [5.41, 5.74) is 0.520. The third-order valence-electron chi connectivity index (χ3n) is 2.94. The minimum absolute atomic E-state index is 0.0970. The molecule has 0 heterocycles. The highest BCUT2D eigenvalue weighted by Gasteiger charge is 2.11. The third kappa shape index (κ3) is 6.11. The predicted octanol–water partition coefficient (Wildman–Crippen LogP) is 3.71. The second-order valence-electron chi connectivity index (χ2n) is 4.71. The van der Waals surface area contributed by atoms with Crippen LogP contribution in [0.2, 0.25) is 0 Å². The number of halogens is 3. The van der Waals surface area contributed by atoms with E-state index in [1.807, 2.05) is 18.2 Å². The maximum Gasteiger partial charge on any atom is 0.408 e. The van der Waals surface area contributed by atoms with Crippen LogP contribution in [0.4, 0.5) is 18.0 Å². The fourth-order valence-corrected chi connectivity index (χ4v) is 1.84. The first-order chi connectivity index (χ1) is 12.1. The number of alkyl carbamates (subject to hydrolysis) is 1. The molecule has 130 valence electrons. The molecule has 0 spiro atoms. The van der Waals surface area contributed by atoms with E-state index in [2.05, 4.69) is 21.9 Å². The lowest BCUT2D eigenvalue weighted by Crippen LogP contribution is -2.24. The van der Waals surface area contributed by atoms with Gasteiger partial charge in [0.15, 0.2) is 0 Å². The van der Waals surface area contributed by atoms with Gasteiger partial charge in [-0.2, -0.15) is 8.78 Å². The van der Waals surface area contributed by atoms with Crippen molar-refractivity contribution < 1.29 is 27.4 Å². The summed E-state index contributed by atoms with van der Waals surface area (Å²) in [6.07, 6.45) is -0.698. The van der Waals surface area contributed by atoms with Gasteiger partial charge in [0, 0.05) is 0 Å². The van der Waals surface area contributed by atoms with Gasteiger partial charge in [0.05, 0.1) is 6.54 Å². The maximum absolute atomic E-state index is 13.7. The Hall–Kier alpha value is -3.14. The number of carbonyl (C=O) groups is 1. The second kappa shape index (κ2) is 9.23. The van der Waals surface area contributed by atoms with Gasteiger partial charge in [-0.15, -0.1) is 0 Å². The minimum Gasteiger partial charge on any atom is -0.445 e. The third-order valence-corrected chi connectivity index (χ3v) is 2.94. The fourth-order valence-electron chi connectivity index (χ4n) is 1.84. The molecule has 25 heavy (non-hydrogen) atoms. The average molecular weight is 349 g/mol. The molecular formula is C18H14F3NO3. The number of hydrogen-bond donors (Lipinski definition) is 1. The molecule has 4 nitrogen and oxygen atoms in total. The summed E-state index contributed by atoms with van der Waals surface area (Å²) < 4.78 is 47.4. The van der Waals surface area contributed by atoms with Crippen LogP contribution in [0.15, 0.2) is 48.5 Å². The van der Waals surface area contributed by atoms with Crippen LogP contribution in [-0.2, 0) is 11.3 Å². The van der Waals surface area contributed by atoms with Crippen molar-refractivity contribution in [2.45, 2.75) is 13.2 Å². The predicted molar refractivity (Wildman–Crippen MR) is 84.5 cm³/mol. The zero-order valence-corrected chi connectivity index (χ0v) is 13.0. The molecule has 7 heteroatoms. The SMILES string of the molecule is O=C(NCC#Cc1c(F)cccc1OC(F)F)OCc1ccccc1. The molecular weight excluding hydrogens is 335 g/mol. The first kappa shape index (κ1) is 18.2. The summed E-state index contributed by atoms with van der Waals surface area (Å²) in [5, 5.41) is 2.36. The number of rotatable bonds is 5. The Bertz CT molecular complexity index is 770. The van der Waals surface area contributed by atoms with Crippen molar-refractivity contribution in [3.63, 3.8) is 0 Å². The molecule has 0 atom stereocenters. The van der Waals surface area contributed by atoms with Crippen molar-refractivity contribution in [3.05, 3.63) is 65.5 Å². The van der Waals surface area contributed by atoms with Crippen LogP contribution < -0.4 is 10.1 Å². The van der Waals surface area contributed by atoms with Crippen LogP contribution in [0.1, 0.15) is 11.1 Å². The van der Waals surface area contributed by atoms with Crippen molar-refractivity contribution in [2.75, 3.05) is 6.54 Å². The summed E-state index contributed by atoms with van der Waals surface area (Å²) in [6.45, 7) is -3.14. The standard InChI is InChI=1S/C18H14F3NO3/c19-15-9-4-10-16(25-17(20)21)14(15)8-5-11-22-18(23)24-12-13-6-2-1-3-7-13/h1-4,6-7,9-10,17H,11-12H2,(H,22,23). The van der Waals surface area contributed by atoms with Gasteiger partial charge in [-0.1, -0.05) is 48.2 Å². The van der Waals surface area contributed by atoms with E-state index in [0.717, 1.165) is 11.6 Å². The van der Waals surface area contributed by atoms with E-state index in [1.54, 1.807) is 12.1 Å². The number of amides is 1. The van der Waals surface area contributed by atoms with Crippen LogP contribution in [0.25, 0.3) is 0 Å². The van der Waals surface area contributed by atoms with Crippen molar-refractivity contribution in [1.29, 1.82) is 0 Å². The van der Waals surface area contributed by atoms with Gasteiger partial charge < -0.3 is 14.8 Å². The number of benzene rings is 2. The summed E-state index contributed by atoms with van der Waals surface area (Å²) in [5.74, 6) is 3.66. The smallest absolute Gasteiger partial charge is 0.408 e. The monoisotopic (exact) mass is 349 g/mol. The van der Waals surface area contributed by atoms with Crippen molar-refractivity contribution >= 4 is 6.09 Å². The van der Waals surface area contributed by atoms with E-state index < -0.39 is 18.5 Å². The van der Waals surface area contributed by atoms with Gasteiger partial charge in [-0.05, 0) is 17.7 Å². The number of ether oxygens (including phenoxy) is 2. The van der Waals surface area contributed by atoms with Crippen LogP contribution in [-0.4, -0.2) is 19.2 Å². The van der Waals surface area contributed by atoms with Gasteiger partial charge in [-0.3, -0.25) is 0 Å². The number of carbonyl (C=O) groups excluding carboxylic acids is 1. The van der Waals surface area contributed by atoms with Gasteiger partial charge in [-0.25, -0.2) is 9.18 Å². The first-order valence-corrected chi connectivity index (χ1v) is 7.23. The van der Waals surface area contributed by atoms with Crippen LogP contribution in [0.3, 0.4) is 0 Å². The zero-order chi connectivity index (χ0) is 18.1. The molecule has 1 N–H and O–H groups in total. The Morgan fingerprint density at radius 3 is 2.60 bits per heavy atom. The maximum atomic E-state index is 13.7. The molecule has 2 aromatic carbocycles. The van der Waals surface area contributed by atoms with Gasteiger partial charge >= 0.3 is 12.7 Å². The molecule has 0 aliphatic carbocycles. The molecule has 2 rings (SSSR count). The van der Waals surface area contributed by atoms with Crippen LogP contribution >= 0.6 is 0 Å². The molecule has 0 fully saturated rings. The van der Waals surface area contributed by atoms with E-state index in [9.17, 15) is 18.0 Å². The highest BCUT2D eigenvalue weighted by Crippen LogP contribution is 2.22. The summed E-state index contributed by atoms with van der Waals surface area (Å²) in [4.78, 5) is 11.5. The van der Waals surface area contributed by atoms with Gasteiger partial charge in [0.2, 0.25) is 0 Å². The Morgan fingerprint density at radius 2 is 1.88 bits per heavy atom. The van der Waals surface area contributed by atoms with E-state index >= 15 is 0 Å². The summed E-state index contributed by atoms with van der Waals surface area (Å²) >= 11 is 0. The second-order valence-corrected chi connectivity index (χ2v) is 4.71. The quantitative estimate of drug-likeness (QED) is 0.838. The summed E-state index contributed by atoms with van der Waals surface area (Å²) in [7, 11) is 0. The molecule has 0 saturated heterocycles. The lowest BCUT2D eigenvalue weighted by Gasteiger charge is -2.07. The first-order valence-electron chi connectivity index (χ1n) is 7.23. The van der Waals surface area contributed by atoms with E-state index in [0.29, 0.717) is 0 Å². The van der Waals surface area contributed by atoms with Crippen LogP contribution in [0.5, 0.6) is 5.75 Å². The van der Waals surface area contributed by atoms with E-state index in [1.165, 1.54) is 12.1 Å². The molecule has 0 aromatic heterocycles. The lowest BCUT2D eigenvalue weighted by molar-refractivity contribution is -0.0501. The Kier molecular flexibility index (Phi) is 6.72. The van der Waals surface area contributed by atoms with Crippen molar-refractivity contribution in [1.82, 2.24) is 5.32 Å². The van der Waals surface area contributed by atoms with Crippen molar-refractivity contribution in [3.8, 4) is 17.6 Å². The normalized spacial score (nSPS) is 9.92. The zero-order valence-electron chi connectivity index (χ0n) is 13.0.